The molecule has 5 nitrogen and oxygen atoms in total. The Kier molecular flexibility index (Phi) is 5.55. The molecule has 22 heavy (non-hydrogen) atoms. The van der Waals surface area contributed by atoms with E-state index in [1.807, 2.05) is 34.9 Å². The Morgan fingerprint density at radius 1 is 1.27 bits per heavy atom. The highest BCUT2D eigenvalue weighted by Crippen LogP contribution is 2.24. The summed E-state index contributed by atoms with van der Waals surface area (Å²) in [4.78, 5) is 28.0. The molecule has 0 unspecified atom stereocenters. The van der Waals surface area contributed by atoms with E-state index in [2.05, 4.69) is 13.0 Å². The molecule has 1 fully saturated rings. The van der Waals surface area contributed by atoms with Crippen LogP contribution < -0.4 is 4.90 Å². The number of nitrogens with zero attached hydrogens (tertiary/aromatic N) is 2. The number of para-hydroxylation sites is 1. The van der Waals surface area contributed by atoms with Gasteiger partial charge in [-0.1, -0.05) is 25.1 Å². The van der Waals surface area contributed by atoms with E-state index >= 15 is 0 Å². The van der Waals surface area contributed by atoms with E-state index in [0.717, 1.165) is 12.1 Å². The first-order valence-corrected chi connectivity index (χ1v) is 7.87. The number of rotatable bonds is 5. The van der Waals surface area contributed by atoms with Gasteiger partial charge in [-0.25, -0.2) is 0 Å². The lowest BCUT2D eigenvalue weighted by atomic mass is 10.1. The molecule has 0 spiro atoms. The highest BCUT2D eigenvalue weighted by Gasteiger charge is 2.33. The number of aryl methyl sites for hydroxylation is 1. The topological polar surface area (TPSA) is 49.9 Å². The summed E-state index contributed by atoms with van der Waals surface area (Å²) < 4.78 is 4.97. The molecule has 0 saturated carbocycles. The van der Waals surface area contributed by atoms with Gasteiger partial charge in [0.1, 0.15) is 0 Å². The SMILES string of the molecule is CCOC(=O)CN1CCN(c2ccccc2CC)C(=O)[C@@H]1C. The van der Waals surface area contributed by atoms with E-state index in [1.165, 1.54) is 5.56 Å². The van der Waals surface area contributed by atoms with Crippen LogP contribution in [0, 0.1) is 0 Å². The largest absolute Gasteiger partial charge is 0.465 e. The number of ether oxygens (including phenoxy) is 1. The maximum absolute atomic E-state index is 12.7. The normalized spacial score (nSPS) is 19.3. The Hall–Kier alpha value is -1.88. The molecule has 0 aromatic heterocycles. The molecule has 1 atom stereocenters. The van der Waals surface area contributed by atoms with Crippen LogP contribution in [0.15, 0.2) is 24.3 Å². The number of amides is 1. The number of carbonyl (C=O) groups is 2. The molecule has 120 valence electrons. The van der Waals surface area contributed by atoms with E-state index in [4.69, 9.17) is 4.74 Å². The first kappa shape index (κ1) is 16.5. The second-order valence-electron chi connectivity index (χ2n) is 5.42. The van der Waals surface area contributed by atoms with Crippen molar-refractivity contribution >= 4 is 17.6 Å². The Balaban J connectivity index is 2.11. The van der Waals surface area contributed by atoms with Crippen LogP contribution in [-0.4, -0.2) is 49.1 Å². The summed E-state index contributed by atoms with van der Waals surface area (Å²) in [7, 11) is 0. The van der Waals surface area contributed by atoms with Crippen molar-refractivity contribution in [1.82, 2.24) is 4.90 Å². The van der Waals surface area contributed by atoms with Gasteiger partial charge in [0, 0.05) is 18.8 Å². The highest BCUT2D eigenvalue weighted by atomic mass is 16.5. The zero-order chi connectivity index (χ0) is 16.1. The summed E-state index contributed by atoms with van der Waals surface area (Å²) in [5.41, 5.74) is 2.15. The van der Waals surface area contributed by atoms with Gasteiger partial charge in [-0.2, -0.15) is 0 Å². The lowest BCUT2D eigenvalue weighted by Gasteiger charge is -2.39. The minimum Gasteiger partial charge on any atom is -0.465 e. The quantitative estimate of drug-likeness (QED) is 0.779. The second-order valence-corrected chi connectivity index (χ2v) is 5.42. The number of hydrogen-bond donors (Lipinski definition) is 0. The van der Waals surface area contributed by atoms with Gasteiger partial charge < -0.3 is 9.64 Å². The van der Waals surface area contributed by atoms with E-state index < -0.39 is 0 Å². The lowest BCUT2D eigenvalue weighted by molar-refractivity contribution is -0.145. The van der Waals surface area contributed by atoms with Gasteiger partial charge in [0.2, 0.25) is 5.91 Å². The van der Waals surface area contributed by atoms with Crippen LogP contribution in [0.5, 0.6) is 0 Å². The fraction of sp³-hybridized carbons (Fsp3) is 0.529. The minimum absolute atomic E-state index is 0.0384. The Bertz CT molecular complexity index is 544. The smallest absolute Gasteiger partial charge is 0.320 e. The van der Waals surface area contributed by atoms with Crippen LogP contribution in [-0.2, 0) is 20.7 Å². The summed E-state index contributed by atoms with van der Waals surface area (Å²) in [5.74, 6) is -0.235. The van der Waals surface area contributed by atoms with Crippen molar-refractivity contribution in [1.29, 1.82) is 0 Å². The average molecular weight is 304 g/mol. The third-order valence-corrected chi connectivity index (χ3v) is 4.08. The van der Waals surface area contributed by atoms with Gasteiger partial charge in [0.15, 0.2) is 0 Å². The van der Waals surface area contributed by atoms with Gasteiger partial charge in [-0.3, -0.25) is 14.5 Å². The fourth-order valence-corrected chi connectivity index (χ4v) is 2.81. The van der Waals surface area contributed by atoms with E-state index in [1.54, 1.807) is 6.92 Å². The Morgan fingerprint density at radius 3 is 2.68 bits per heavy atom. The molecule has 1 aliphatic heterocycles. The Labute approximate surface area is 131 Å². The number of anilines is 1. The molecular formula is C17H24N2O3. The standard InChI is InChI=1S/C17H24N2O3/c1-4-14-8-6-7-9-15(14)19-11-10-18(13(3)17(19)21)12-16(20)22-5-2/h6-9,13H,4-5,10-12H2,1-3H3/t13-/m0/s1. The van der Waals surface area contributed by atoms with Crippen molar-refractivity contribution in [2.24, 2.45) is 0 Å². The number of esters is 1. The molecule has 0 N–H and O–H groups in total. The van der Waals surface area contributed by atoms with Gasteiger partial charge >= 0.3 is 5.97 Å². The second kappa shape index (κ2) is 7.40. The summed E-state index contributed by atoms with van der Waals surface area (Å²) in [6.45, 7) is 7.52. The number of hydrogen-bond acceptors (Lipinski definition) is 4. The minimum atomic E-state index is -0.317. The first-order valence-electron chi connectivity index (χ1n) is 7.87. The molecule has 5 heteroatoms. The van der Waals surface area contributed by atoms with Crippen LogP contribution in [0.4, 0.5) is 5.69 Å². The zero-order valence-electron chi connectivity index (χ0n) is 13.5. The first-order chi connectivity index (χ1) is 10.6. The Morgan fingerprint density at radius 2 is 2.00 bits per heavy atom. The van der Waals surface area contributed by atoms with Crippen LogP contribution >= 0.6 is 0 Å². The van der Waals surface area contributed by atoms with Crippen LogP contribution in [0.2, 0.25) is 0 Å². The molecule has 1 saturated heterocycles. The van der Waals surface area contributed by atoms with Gasteiger partial charge in [-0.15, -0.1) is 0 Å². The van der Waals surface area contributed by atoms with Gasteiger partial charge in [0.25, 0.3) is 0 Å². The maximum Gasteiger partial charge on any atom is 0.320 e. The van der Waals surface area contributed by atoms with Crippen molar-refractivity contribution in [2.75, 3.05) is 31.1 Å². The van der Waals surface area contributed by atoms with Crippen LogP contribution in [0.3, 0.4) is 0 Å². The predicted octanol–water partition coefficient (Wildman–Crippen LogP) is 1.85. The molecule has 0 radical (unpaired) electrons. The molecule has 1 aromatic rings. The van der Waals surface area contributed by atoms with E-state index in [-0.39, 0.29) is 24.5 Å². The van der Waals surface area contributed by atoms with E-state index in [0.29, 0.717) is 19.7 Å². The van der Waals surface area contributed by atoms with Crippen LogP contribution in [0.1, 0.15) is 26.3 Å². The zero-order valence-corrected chi connectivity index (χ0v) is 13.5. The number of carbonyl (C=O) groups excluding carboxylic acids is 2. The van der Waals surface area contributed by atoms with Crippen molar-refractivity contribution in [2.45, 2.75) is 33.2 Å². The van der Waals surface area contributed by atoms with Gasteiger partial charge in [0.05, 0.1) is 19.2 Å². The third kappa shape index (κ3) is 3.47. The molecule has 0 bridgehead atoms. The number of piperazine rings is 1. The molecule has 1 aromatic carbocycles. The summed E-state index contributed by atoms with van der Waals surface area (Å²) in [6, 6.07) is 7.68. The molecule has 1 amide bonds. The van der Waals surface area contributed by atoms with Crippen molar-refractivity contribution in [3.8, 4) is 0 Å². The summed E-state index contributed by atoms with van der Waals surface area (Å²) in [5, 5.41) is 0. The summed E-state index contributed by atoms with van der Waals surface area (Å²) in [6.07, 6.45) is 0.890. The van der Waals surface area contributed by atoms with Crippen molar-refractivity contribution < 1.29 is 14.3 Å². The lowest BCUT2D eigenvalue weighted by Crippen LogP contribution is -2.57. The molecule has 2 rings (SSSR count). The van der Waals surface area contributed by atoms with E-state index in [9.17, 15) is 9.59 Å². The third-order valence-electron chi connectivity index (χ3n) is 4.08. The van der Waals surface area contributed by atoms with Crippen molar-refractivity contribution in [3.63, 3.8) is 0 Å². The predicted molar refractivity (Wildman–Crippen MR) is 85.8 cm³/mol. The molecule has 1 aliphatic rings. The molecular weight excluding hydrogens is 280 g/mol. The average Bonchev–Trinajstić information content (AvgIpc) is 2.52. The van der Waals surface area contributed by atoms with Gasteiger partial charge in [-0.05, 0) is 31.9 Å². The number of benzene rings is 1. The maximum atomic E-state index is 12.7. The van der Waals surface area contributed by atoms with Crippen LogP contribution in [0.25, 0.3) is 0 Å². The fourth-order valence-electron chi connectivity index (χ4n) is 2.81. The molecule has 1 heterocycles. The summed E-state index contributed by atoms with van der Waals surface area (Å²) >= 11 is 0. The highest BCUT2D eigenvalue weighted by molar-refractivity contribution is 5.98. The van der Waals surface area contributed by atoms with Crippen molar-refractivity contribution in [3.05, 3.63) is 29.8 Å². The molecule has 0 aliphatic carbocycles. The monoisotopic (exact) mass is 304 g/mol.